The molecule has 100 valence electrons. The molecule has 1 saturated carbocycles. The highest BCUT2D eigenvalue weighted by molar-refractivity contribution is 6.18. The number of barbiturate groups is 1. The van der Waals surface area contributed by atoms with Crippen LogP contribution in [0.4, 0.5) is 4.79 Å². The van der Waals surface area contributed by atoms with E-state index in [2.05, 4.69) is 12.2 Å². The van der Waals surface area contributed by atoms with Gasteiger partial charge in [-0.05, 0) is 32.1 Å². The summed E-state index contributed by atoms with van der Waals surface area (Å²) in [6.45, 7) is 5.70. The summed E-state index contributed by atoms with van der Waals surface area (Å²) in [6, 6.07) is -0.566. The second-order valence-corrected chi connectivity index (χ2v) is 5.97. The topological polar surface area (TPSA) is 66.5 Å². The van der Waals surface area contributed by atoms with Crippen LogP contribution < -0.4 is 5.32 Å². The predicted octanol–water partition coefficient (Wildman–Crippen LogP) is 1.53. The molecule has 0 aromatic carbocycles. The zero-order valence-corrected chi connectivity index (χ0v) is 11.2. The van der Waals surface area contributed by atoms with Crippen LogP contribution in [0.15, 0.2) is 0 Å². The van der Waals surface area contributed by atoms with Crippen LogP contribution in [0.25, 0.3) is 0 Å². The number of hydrogen-bond acceptors (Lipinski definition) is 3. The van der Waals surface area contributed by atoms with Gasteiger partial charge in [-0.1, -0.05) is 19.8 Å². The molecule has 0 aromatic rings. The Bertz CT molecular complexity index is 403. The number of nitrogens with zero attached hydrogens (tertiary/aromatic N) is 1. The van der Waals surface area contributed by atoms with E-state index in [9.17, 15) is 14.4 Å². The zero-order valence-electron chi connectivity index (χ0n) is 11.2. The van der Waals surface area contributed by atoms with Crippen LogP contribution in [0, 0.1) is 17.3 Å². The van der Waals surface area contributed by atoms with E-state index in [1.807, 2.05) is 0 Å². The van der Waals surface area contributed by atoms with Crippen molar-refractivity contribution >= 4 is 17.8 Å². The number of carbonyl (C=O) groups is 3. The summed E-state index contributed by atoms with van der Waals surface area (Å²) in [6.07, 6.45) is 3.35. The third-order valence-corrected chi connectivity index (χ3v) is 4.27. The lowest BCUT2D eigenvalue weighted by Crippen LogP contribution is -2.62. The molecular formula is C13H20N2O3. The highest BCUT2D eigenvalue weighted by Gasteiger charge is 2.47. The molecule has 2 atom stereocenters. The smallest absolute Gasteiger partial charge is 0.277 e. The normalized spacial score (nSPS) is 31.7. The number of imide groups is 2. The Balaban J connectivity index is 2.14. The van der Waals surface area contributed by atoms with Gasteiger partial charge in [0, 0.05) is 6.54 Å². The van der Waals surface area contributed by atoms with Gasteiger partial charge >= 0.3 is 6.03 Å². The van der Waals surface area contributed by atoms with Crippen molar-refractivity contribution in [2.75, 3.05) is 6.54 Å². The minimum atomic E-state index is -1.14. The van der Waals surface area contributed by atoms with Gasteiger partial charge < -0.3 is 0 Å². The Morgan fingerprint density at radius 3 is 2.50 bits per heavy atom. The van der Waals surface area contributed by atoms with Gasteiger partial charge in [-0.25, -0.2) is 4.79 Å². The van der Waals surface area contributed by atoms with E-state index in [0.29, 0.717) is 18.4 Å². The van der Waals surface area contributed by atoms with Crippen LogP contribution in [0.1, 0.15) is 40.0 Å². The lowest BCUT2D eigenvalue weighted by molar-refractivity contribution is -0.149. The van der Waals surface area contributed by atoms with E-state index in [-0.39, 0.29) is 5.91 Å². The molecule has 1 heterocycles. The molecule has 2 rings (SSSR count). The molecule has 4 amide bonds. The molecule has 0 aromatic heterocycles. The average molecular weight is 252 g/mol. The number of rotatable bonds is 2. The third kappa shape index (κ3) is 2.02. The molecule has 5 nitrogen and oxygen atoms in total. The molecular weight excluding hydrogens is 232 g/mol. The van der Waals surface area contributed by atoms with Crippen molar-refractivity contribution in [1.29, 1.82) is 0 Å². The van der Waals surface area contributed by atoms with Gasteiger partial charge in [0.15, 0.2) is 0 Å². The maximum Gasteiger partial charge on any atom is 0.330 e. The lowest BCUT2D eigenvalue weighted by Gasteiger charge is -2.36. The Hall–Kier alpha value is -1.39. The van der Waals surface area contributed by atoms with Crippen molar-refractivity contribution in [1.82, 2.24) is 10.2 Å². The summed E-state index contributed by atoms with van der Waals surface area (Å²) >= 11 is 0. The fourth-order valence-electron chi connectivity index (χ4n) is 2.74. The third-order valence-electron chi connectivity index (χ3n) is 4.27. The van der Waals surface area contributed by atoms with Crippen LogP contribution in [-0.4, -0.2) is 29.3 Å². The molecule has 0 radical (unpaired) electrons. The highest BCUT2D eigenvalue weighted by Crippen LogP contribution is 2.33. The molecule has 1 N–H and O–H groups in total. The lowest BCUT2D eigenvalue weighted by atomic mass is 9.87. The molecule has 2 fully saturated rings. The van der Waals surface area contributed by atoms with Gasteiger partial charge in [-0.3, -0.25) is 19.8 Å². The fourth-order valence-corrected chi connectivity index (χ4v) is 2.74. The molecule has 1 aliphatic carbocycles. The van der Waals surface area contributed by atoms with E-state index in [4.69, 9.17) is 0 Å². The Morgan fingerprint density at radius 2 is 1.94 bits per heavy atom. The van der Waals surface area contributed by atoms with Crippen LogP contribution in [0.5, 0.6) is 0 Å². The van der Waals surface area contributed by atoms with E-state index >= 15 is 0 Å². The maximum absolute atomic E-state index is 12.2. The average Bonchev–Trinajstić information content (AvgIpc) is 2.68. The molecule has 0 spiro atoms. The Kier molecular flexibility index (Phi) is 3.17. The van der Waals surface area contributed by atoms with Crippen molar-refractivity contribution < 1.29 is 14.4 Å². The Morgan fingerprint density at radius 1 is 1.28 bits per heavy atom. The first-order chi connectivity index (χ1) is 8.34. The minimum Gasteiger partial charge on any atom is -0.277 e. The molecule has 0 bridgehead atoms. The van der Waals surface area contributed by atoms with Gasteiger partial charge in [0.2, 0.25) is 11.8 Å². The second kappa shape index (κ2) is 4.37. The maximum atomic E-state index is 12.2. The predicted molar refractivity (Wildman–Crippen MR) is 65.5 cm³/mol. The second-order valence-electron chi connectivity index (χ2n) is 5.97. The van der Waals surface area contributed by atoms with Crippen molar-refractivity contribution in [3.63, 3.8) is 0 Å². The minimum absolute atomic E-state index is 0.365. The molecule has 1 saturated heterocycles. The first kappa shape index (κ1) is 13.1. The van der Waals surface area contributed by atoms with Crippen molar-refractivity contribution in [3.8, 4) is 0 Å². The summed E-state index contributed by atoms with van der Waals surface area (Å²) in [5.41, 5.74) is -1.14. The van der Waals surface area contributed by atoms with E-state index in [1.165, 1.54) is 4.90 Å². The molecule has 2 unspecified atom stereocenters. The van der Waals surface area contributed by atoms with Crippen LogP contribution in [0.3, 0.4) is 0 Å². The summed E-state index contributed by atoms with van der Waals surface area (Å²) in [4.78, 5) is 36.8. The first-order valence-corrected chi connectivity index (χ1v) is 6.51. The van der Waals surface area contributed by atoms with Gasteiger partial charge in [0.25, 0.3) is 0 Å². The summed E-state index contributed by atoms with van der Waals surface area (Å²) in [5.74, 6) is 0.0126. The number of hydrogen-bond donors (Lipinski definition) is 1. The summed E-state index contributed by atoms with van der Waals surface area (Å²) < 4.78 is 0. The first-order valence-electron chi connectivity index (χ1n) is 6.51. The van der Waals surface area contributed by atoms with Crippen molar-refractivity contribution in [2.45, 2.75) is 40.0 Å². The highest BCUT2D eigenvalue weighted by atomic mass is 16.2. The van der Waals surface area contributed by atoms with Gasteiger partial charge in [-0.15, -0.1) is 0 Å². The number of carbonyl (C=O) groups excluding carboxylic acids is 3. The van der Waals surface area contributed by atoms with Crippen LogP contribution >= 0.6 is 0 Å². The summed E-state index contributed by atoms with van der Waals surface area (Å²) in [5, 5.41) is 2.27. The molecule has 2 aliphatic rings. The van der Waals surface area contributed by atoms with Crippen LogP contribution in [0.2, 0.25) is 0 Å². The molecule has 18 heavy (non-hydrogen) atoms. The molecule has 1 aliphatic heterocycles. The summed E-state index contributed by atoms with van der Waals surface area (Å²) in [7, 11) is 0. The van der Waals surface area contributed by atoms with E-state index < -0.39 is 17.4 Å². The van der Waals surface area contributed by atoms with E-state index in [1.54, 1.807) is 13.8 Å². The molecule has 5 heteroatoms. The zero-order chi connectivity index (χ0) is 13.5. The largest absolute Gasteiger partial charge is 0.330 e. The Labute approximate surface area is 107 Å². The van der Waals surface area contributed by atoms with Crippen LogP contribution in [-0.2, 0) is 9.59 Å². The SMILES string of the molecule is CC1CCCC1CN1C(=O)NC(=O)C(C)(C)C1=O. The monoisotopic (exact) mass is 252 g/mol. The van der Waals surface area contributed by atoms with Gasteiger partial charge in [0.1, 0.15) is 5.41 Å². The quantitative estimate of drug-likeness (QED) is 0.758. The number of amides is 4. The van der Waals surface area contributed by atoms with Gasteiger partial charge in [-0.2, -0.15) is 0 Å². The number of urea groups is 1. The van der Waals surface area contributed by atoms with Crippen molar-refractivity contribution in [3.05, 3.63) is 0 Å². The van der Waals surface area contributed by atoms with E-state index in [0.717, 1.165) is 19.3 Å². The van der Waals surface area contributed by atoms with Gasteiger partial charge in [0.05, 0.1) is 0 Å². The number of nitrogens with one attached hydrogen (secondary N) is 1. The standard InChI is InChI=1S/C13H20N2O3/c1-8-5-4-6-9(8)7-15-11(17)13(2,3)10(16)14-12(15)18/h8-9H,4-7H2,1-3H3,(H,14,16,18). The van der Waals surface area contributed by atoms with Crippen molar-refractivity contribution in [2.24, 2.45) is 17.3 Å². The fraction of sp³-hybridized carbons (Fsp3) is 0.769.